The van der Waals surface area contributed by atoms with Crippen LogP contribution in [0.2, 0.25) is 0 Å². The summed E-state index contributed by atoms with van der Waals surface area (Å²) >= 11 is 0. The van der Waals surface area contributed by atoms with E-state index >= 15 is 0 Å². The van der Waals surface area contributed by atoms with E-state index in [9.17, 15) is 22.4 Å². The topological polar surface area (TPSA) is 47.0 Å². The van der Waals surface area contributed by atoms with Gasteiger partial charge in [-0.25, -0.2) is 9.18 Å². The third-order valence-corrected chi connectivity index (χ3v) is 4.47. The summed E-state index contributed by atoms with van der Waals surface area (Å²) in [7, 11) is 1.92. The summed E-state index contributed by atoms with van der Waals surface area (Å²) in [4.78, 5) is 14.8. The quantitative estimate of drug-likeness (QED) is 0.616. The summed E-state index contributed by atoms with van der Waals surface area (Å²) in [6.07, 6.45) is -4.49. The van der Waals surface area contributed by atoms with Crippen LogP contribution in [0.5, 0.6) is 0 Å². The molecule has 2 aliphatic rings. The molecule has 3 rings (SSSR count). The highest BCUT2D eigenvalue weighted by atomic mass is 35.5. The van der Waals surface area contributed by atoms with Gasteiger partial charge in [0.15, 0.2) is 0 Å². The molecule has 1 aromatic rings. The summed E-state index contributed by atoms with van der Waals surface area (Å²) in [5.74, 6) is -2.10. The van der Waals surface area contributed by atoms with E-state index in [-0.39, 0.29) is 40.7 Å². The van der Waals surface area contributed by atoms with E-state index in [1.807, 2.05) is 7.05 Å². The summed E-state index contributed by atoms with van der Waals surface area (Å²) < 4.78 is 54.6. The minimum atomic E-state index is -4.80. The molecule has 0 amide bonds. The van der Waals surface area contributed by atoms with E-state index in [1.165, 1.54) is 6.07 Å². The van der Waals surface area contributed by atoms with Gasteiger partial charge in [-0.3, -0.25) is 4.90 Å². The van der Waals surface area contributed by atoms with Gasteiger partial charge in [0.05, 0.1) is 16.9 Å². The maximum Gasteiger partial charge on any atom is 0.488 e. The van der Waals surface area contributed by atoms with Crippen LogP contribution in [0, 0.1) is 5.82 Å². The first-order chi connectivity index (χ1) is 11.7. The van der Waals surface area contributed by atoms with Crippen molar-refractivity contribution in [2.45, 2.75) is 12.7 Å². The van der Waals surface area contributed by atoms with Crippen LogP contribution in [0.3, 0.4) is 0 Å². The summed E-state index contributed by atoms with van der Waals surface area (Å²) in [5.41, 5.74) is -0.551. The van der Waals surface area contributed by atoms with Crippen molar-refractivity contribution in [2.75, 3.05) is 43.0 Å². The second kappa shape index (κ2) is 7.32. The van der Waals surface area contributed by atoms with Gasteiger partial charge < -0.3 is 14.9 Å². The number of carboxylic acid groups (broad SMARTS) is 1. The zero-order valence-electron chi connectivity index (χ0n) is 13.9. The van der Waals surface area contributed by atoms with E-state index in [0.29, 0.717) is 32.4 Å². The van der Waals surface area contributed by atoms with Gasteiger partial charge in [-0.2, -0.15) is 0 Å². The minimum absolute atomic E-state index is 0. The molecular formula is C16H18ClF4N3O2. The van der Waals surface area contributed by atoms with Crippen molar-refractivity contribution in [1.29, 1.82) is 0 Å². The van der Waals surface area contributed by atoms with Gasteiger partial charge in [-0.15, -0.1) is 25.6 Å². The molecule has 0 spiro atoms. The molecule has 5 nitrogen and oxygen atoms in total. The van der Waals surface area contributed by atoms with E-state index < -0.39 is 23.7 Å². The third-order valence-electron chi connectivity index (χ3n) is 4.47. The fraction of sp³-hybridized carbons (Fsp3) is 0.438. The molecule has 26 heavy (non-hydrogen) atoms. The molecule has 0 aliphatic carbocycles. The van der Waals surface area contributed by atoms with Gasteiger partial charge in [-0.1, -0.05) is 0 Å². The standard InChI is InChI=1S/C16H17F4N3O2.ClH/c1-21-2-4-22(5-3-21)14-8-13-10(7-12(14)17)6-11(15(24)25)9-23(13)16(18,19)20;/h7-9H,2-6H2,1H3,(H,24,25);1H. The van der Waals surface area contributed by atoms with Crippen molar-refractivity contribution in [2.24, 2.45) is 0 Å². The average Bonchev–Trinajstić information content (AvgIpc) is 2.53. The van der Waals surface area contributed by atoms with Crippen molar-refractivity contribution in [1.82, 2.24) is 4.90 Å². The first-order valence-electron chi connectivity index (χ1n) is 7.73. The van der Waals surface area contributed by atoms with Crippen molar-refractivity contribution in [3.05, 3.63) is 35.3 Å². The van der Waals surface area contributed by atoms with Crippen LogP contribution in [-0.2, 0) is 11.2 Å². The molecule has 1 N–H and O–H groups in total. The molecule has 1 fully saturated rings. The lowest BCUT2D eigenvalue weighted by Crippen LogP contribution is -2.45. The number of hydrogen-bond acceptors (Lipinski definition) is 4. The number of alkyl halides is 3. The lowest BCUT2D eigenvalue weighted by atomic mass is 9.98. The Morgan fingerprint density at radius 2 is 1.73 bits per heavy atom. The molecule has 1 aromatic carbocycles. The maximum atomic E-state index is 14.5. The van der Waals surface area contributed by atoms with Crippen LogP contribution < -0.4 is 9.80 Å². The Balaban J connectivity index is 0.00000243. The predicted molar refractivity (Wildman–Crippen MR) is 91.3 cm³/mol. The van der Waals surface area contributed by atoms with Crippen LogP contribution in [0.4, 0.5) is 28.9 Å². The van der Waals surface area contributed by atoms with Gasteiger partial charge in [0, 0.05) is 38.8 Å². The Morgan fingerprint density at radius 3 is 2.27 bits per heavy atom. The molecular weight excluding hydrogens is 378 g/mol. The number of likely N-dealkylation sites (N-methyl/N-ethyl adjacent to an activating group) is 1. The van der Waals surface area contributed by atoms with Gasteiger partial charge in [-0.05, 0) is 24.7 Å². The van der Waals surface area contributed by atoms with Crippen molar-refractivity contribution in [3.63, 3.8) is 0 Å². The van der Waals surface area contributed by atoms with Crippen molar-refractivity contribution >= 4 is 29.8 Å². The second-order valence-electron chi connectivity index (χ2n) is 6.20. The lowest BCUT2D eigenvalue weighted by molar-refractivity contribution is -0.133. The van der Waals surface area contributed by atoms with Crippen LogP contribution in [-0.4, -0.2) is 55.5 Å². The fourth-order valence-corrected chi connectivity index (χ4v) is 3.06. The maximum absolute atomic E-state index is 14.5. The Morgan fingerprint density at radius 1 is 1.12 bits per heavy atom. The zero-order chi connectivity index (χ0) is 18.4. The van der Waals surface area contributed by atoms with Gasteiger partial charge >= 0.3 is 12.3 Å². The Kier molecular flexibility index (Phi) is 5.72. The number of carbonyl (C=O) groups is 1. The Labute approximate surface area is 153 Å². The molecule has 0 aromatic heterocycles. The zero-order valence-corrected chi connectivity index (χ0v) is 14.7. The number of fused-ring (bicyclic) bond motifs is 1. The number of hydrogen-bond donors (Lipinski definition) is 1. The first kappa shape index (κ1) is 20.3. The molecule has 0 unspecified atom stereocenters. The predicted octanol–water partition coefficient (Wildman–Crippen LogP) is 2.85. The number of aliphatic carboxylic acids is 1. The molecule has 2 aliphatic heterocycles. The van der Waals surface area contributed by atoms with Crippen LogP contribution in [0.25, 0.3) is 0 Å². The molecule has 0 radical (unpaired) electrons. The smallest absolute Gasteiger partial charge is 0.478 e. The van der Waals surface area contributed by atoms with E-state index in [4.69, 9.17) is 5.11 Å². The minimum Gasteiger partial charge on any atom is -0.478 e. The third kappa shape index (κ3) is 3.88. The molecule has 2 heterocycles. The van der Waals surface area contributed by atoms with E-state index in [0.717, 1.165) is 6.07 Å². The Hall–Kier alpha value is -2.00. The van der Waals surface area contributed by atoms with Crippen LogP contribution in [0.1, 0.15) is 5.56 Å². The largest absolute Gasteiger partial charge is 0.488 e. The number of benzene rings is 1. The summed E-state index contributed by atoms with van der Waals surface area (Å²) in [6, 6.07) is 2.18. The molecule has 1 saturated heterocycles. The van der Waals surface area contributed by atoms with Crippen LogP contribution >= 0.6 is 12.4 Å². The first-order valence-corrected chi connectivity index (χ1v) is 7.73. The number of anilines is 2. The number of piperazine rings is 1. The van der Waals surface area contributed by atoms with Crippen LogP contribution in [0.15, 0.2) is 23.9 Å². The summed E-state index contributed by atoms with van der Waals surface area (Å²) in [5, 5.41) is 9.03. The molecule has 0 saturated carbocycles. The number of halogens is 5. The van der Waals surface area contributed by atoms with Gasteiger partial charge in [0.1, 0.15) is 5.82 Å². The second-order valence-corrected chi connectivity index (χ2v) is 6.20. The SMILES string of the molecule is CN1CCN(c2cc3c(cc2F)CC(C(=O)O)=CN3C(F)(F)F)CC1.Cl. The lowest BCUT2D eigenvalue weighted by Gasteiger charge is -2.36. The van der Waals surface area contributed by atoms with Crippen molar-refractivity contribution < 1.29 is 27.5 Å². The van der Waals surface area contributed by atoms with E-state index in [2.05, 4.69) is 4.90 Å². The summed E-state index contributed by atoms with van der Waals surface area (Å²) in [6.45, 7) is 2.38. The highest BCUT2D eigenvalue weighted by molar-refractivity contribution is 5.90. The monoisotopic (exact) mass is 395 g/mol. The average molecular weight is 396 g/mol. The number of nitrogens with zero attached hydrogens (tertiary/aromatic N) is 3. The number of rotatable bonds is 2. The van der Waals surface area contributed by atoms with Gasteiger partial charge in [0.2, 0.25) is 0 Å². The normalized spacial score (nSPS) is 18.1. The van der Waals surface area contributed by atoms with Crippen molar-refractivity contribution in [3.8, 4) is 0 Å². The molecule has 10 heteroatoms. The molecule has 0 bridgehead atoms. The number of carboxylic acids is 1. The van der Waals surface area contributed by atoms with E-state index in [1.54, 1.807) is 4.90 Å². The molecule has 144 valence electrons. The molecule has 0 atom stereocenters. The fourth-order valence-electron chi connectivity index (χ4n) is 3.06. The highest BCUT2D eigenvalue weighted by Gasteiger charge is 2.41. The van der Waals surface area contributed by atoms with Gasteiger partial charge in [0.25, 0.3) is 0 Å². The highest BCUT2D eigenvalue weighted by Crippen LogP contribution is 2.40. The Bertz CT molecular complexity index is 731.